The molecule has 2 N–H and O–H groups in total. The van der Waals surface area contributed by atoms with E-state index in [1.807, 2.05) is 23.7 Å². The van der Waals surface area contributed by atoms with Crippen LogP contribution in [0.2, 0.25) is 0 Å². The molecule has 98 valence electrons. The van der Waals surface area contributed by atoms with Crippen molar-refractivity contribution in [3.8, 4) is 0 Å². The number of hydrogen-bond acceptors (Lipinski definition) is 4. The lowest BCUT2D eigenvalue weighted by Crippen LogP contribution is -2.05. The normalized spacial score (nSPS) is 11.2. The Bertz CT molecular complexity index is 685. The highest BCUT2D eigenvalue weighted by Crippen LogP contribution is 2.21. The van der Waals surface area contributed by atoms with Gasteiger partial charge >= 0.3 is 0 Å². The number of thiazole rings is 1. The van der Waals surface area contributed by atoms with E-state index in [4.69, 9.17) is 10.7 Å². The molecule has 3 aromatic rings. The fourth-order valence-corrected chi connectivity index (χ4v) is 2.81. The minimum absolute atomic E-state index is 0.758. The zero-order valence-corrected chi connectivity index (χ0v) is 11.7. The lowest BCUT2D eigenvalue weighted by atomic mass is 10.3. The first-order valence-electron chi connectivity index (χ1n) is 6.39. The van der Waals surface area contributed by atoms with Crippen molar-refractivity contribution in [3.63, 3.8) is 0 Å². The highest BCUT2D eigenvalue weighted by atomic mass is 32.1. The SMILES string of the molecule is CCCc1nc2cc(N)ccc2n1Cc1cscn1. The molecule has 1 aromatic carbocycles. The molecule has 0 saturated heterocycles. The zero-order chi connectivity index (χ0) is 13.2. The Hall–Kier alpha value is -1.88. The molecule has 3 rings (SSSR count). The van der Waals surface area contributed by atoms with Crippen molar-refractivity contribution in [1.82, 2.24) is 14.5 Å². The fraction of sp³-hybridized carbons (Fsp3) is 0.286. The average Bonchev–Trinajstić information content (AvgIpc) is 2.99. The van der Waals surface area contributed by atoms with Crippen molar-refractivity contribution in [2.75, 3.05) is 5.73 Å². The van der Waals surface area contributed by atoms with Crippen LogP contribution in [-0.2, 0) is 13.0 Å². The molecule has 0 aliphatic rings. The van der Waals surface area contributed by atoms with Gasteiger partial charge in [0.15, 0.2) is 0 Å². The second kappa shape index (κ2) is 5.01. The number of fused-ring (bicyclic) bond motifs is 1. The van der Waals surface area contributed by atoms with Crippen LogP contribution in [0, 0.1) is 0 Å². The number of aryl methyl sites for hydroxylation is 1. The number of hydrogen-bond donors (Lipinski definition) is 1. The molecule has 5 heteroatoms. The van der Waals surface area contributed by atoms with Crippen LogP contribution >= 0.6 is 11.3 Å². The third-order valence-electron chi connectivity index (χ3n) is 3.13. The Morgan fingerprint density at radius 3 is 3.00 bits per heavy atom. The van der Waals surface area contributed by atoms with Gasteiger partial charge in [-0.25, -0.2) is 9.97 Å². The molecule has 2 aromatic heterocycles. The van der Waals surface area contributed by atoms with Crippen molar-refractivity contribution in [2.24, 2.45) is 0 Å². The van der Waals surface area contributed by atoms with Crippen LogP contribution in [0.25, 0.3) is 11.0 Å². The summed E-state index contributed by atoms with van der Waals surface area (Å²) in [5.74, 6) is 1.11. The van der Waals surface area contributed by atoms with Crippen molar-refractivity contribution in [3.05, 3.63) is 40.6 Å². The van der Waals surface area contributed by atoms with Gasteiger partial charge in [-0.1, -0.05) is 6.92 Å². The van der Waals surface area contributed by atoms with Crippen LogP contribution in [0.1, 0.15) is 24.9 Å². The quantitative estimate of drug-likeness (QED) is 0.743. The lowest BCUT2D eigenvalue weighted by molar-refractivity contribution is 0.712. The maximum atomic E-state index is 5.83. The number of anilines is 1. The smallest absolute Gasteiger partial charge is 0.110 e. The molecule has 0 aliphatic heterocycles. The van der Waals surface area contributed by atoms with Gasteiger partial charge in [-0.3, -0.25) is 0 Å². The van der Waals surface area contributed by atoms with Crippen LogP contribution in [0.5, 0.6) is 0 Å². The van der Waals surface area contributed by atoms with Gasteiger partial charge in [0.05, 0.1) is 28.8 Å². The van der Waals surface area contributed by atoms with E-state index in [1.165, 1.54) is 0 Å². The number of imidazole rings is 1. The number of nitrogens with two attached hydrogens (primary N) is 1. The summed E-state index contributed by atoms with van der Waals surface area (Å²) in [7, 11) is 0. The predicted octanol–water partition coefficient (Wildman–Crippen LogP) is 3.08. The Kier molecular flexibility index (Phi) is 3.21. The first kappa shape index (κ1) is 12.2. The van der Waals surface area contributed by atoms with E-state index < -0.39 is 0 Å². The van der Waals surface area contributed by atoms with Crippen LogP contribution in [-0.4, -0.2) is 14.5 Å². The van der Waals surface area contributed by atoms with E-state index in [-0.39, 0.29) is 0 Å². The molecule has 0 aliphatic carbocycles. The minimum atomic E-state index is 0.758. The minimum Gasteiger partial charge on any atom is -0.399 e. The maximum absolute atomic E-state index is 5.83. The molecule has 0 radical (unpaired) electrons. The van der Waals surface area contributed by atoms with Gasteiger partial charge in [0.1, 0.15) is 5.82 Å². The molecular weight excluding hydrogens is 256 g/mol. The van der Waals surface area contributed by atoms with Crippen molar-refractivity contribution in [2.45, 2.75) is 26.3 Å². The van der Waals surface area contributed by atoms with Crippen LogP contribution in [0.4, 0.5) is 5.69 Å². The standard InChI is InChI=1S/C14H16N4S/c1-2-3-14-17-12-6-10(15)4-5-13(12)18(14)7-11-8-19-9-16-11/h4-6,8-9H,2-3,7,15H2,1H3. The van der Waals surface area contributed by atoms with Gasteiger partial charge < -0.3 is 10.3 Å². The van der Waals surface area contributed by atoms with Gasteiger partial charge in [0.2, 0.25) is 0 Å². The summed E-state index contributed by atoms with van der Waals surface area (Å²) >= 11 is 1.62. The molecule has 0 spiro atoms. The summed E-state index contributed by atoms with van der Waals surface area (Å²) in [5.41, 5.74) is 11.6. The molecular formula is C14H16N4S. The van der Waals surface area contributed by atoms with E-state index in [2.05, 4.69) is 21.9 Å². The van der Waals surface area contributed by atoms with Crippen molar-refractivity contribution < 1.29 is 0 Å². The lowest BCUT2D eigenvalue weighted by Gasteiger charge is -2.06. The van der Waals surface area contributed by atoms with Crippen LogP contribution in [0.3, 0.4) is 0 Å². The average molecular weight is 272 g/mol. The zero-order valence-electron chi connectivity index (χ0n) is 10.8. The van der Waals surface area contributed by atoms with Gasteiger partial charge in [-0.2, -0.15) is 0 Å². The highest BCUT2D eigenvalue weighted by molar-refractivity contribution is 7.07. The van der Waals surface area contributed by atoms with Gasteiger partial charge in [0.25, 0.3) is 0 Å². The second-order valence-corrected chi connectivity index (χ2v) is 5.31. The molecule has 0 saturated carbocycles. The van der Waals surface area contributed by atoms with E-state index >= 15 is 0 Å². The molecule has 4 nitrogen and oxygen atoms in total. The Morgan fingerprint density at radius 1 is 1.37 bits per heavy atom. The largest absolute Gasteiger partial charge is 0.399 e. The van der Waals surface area contributed by atoms with Gasteiger partial charge in [-0.05, 0) is 24.6 Å². The van der Waals surface area contributed by atoms with E-state index in [0.29, 0.717) is 0 Å². The van der Waals surface area contributed by atoms with E-state index in [9.17, 15) is 0 Å². The van der Waals surface area contributed by atoms with Crippen LogP contribution < -0.4 is 5.73 Å². The number of aromatic nitrogens is 3. The number of nitrogens with zero attached hydrogens (tertiary/aromatic N) is 3. The second-order valence-electron chi connectivity index (χ2n) is 4.59. The summed E-state index contributed by atoms with van der Waals surface area (Å²) in [5, 5.41) is 2.08. The summed E-state index contributed by atoms with van der Waals surface area (Å²) in [4.78, 5) is 9.06. The Morgan fingerprint density at radius 2 is 2.26 bits per heavy atom. The Balaban J connectivity index is 2.10. The predicted molar refractivity (Wildman–Crippen MR) is 79.4 cm³/mol. The summed E-state index contributed by atoms with van der Waals surface area (Å²) in [6.07, 6.45) is 2.05. The molecule has 2 heterocycles. The van der Waals surface area contributed by atoms with Crippen molar-refractivity contribution >= 4 is 28.1 Å². The highest BCUT2D eigenvalue weighted by Gasteiger charge is 2.11. The molecule has 0 unspecified atom stereocenters. The molecule has 0 atom stereocenters. The third-order valence-corrected chi connectivity index (χ3v) is 3.76. The fourth-order valence-electron chi connectivity index (χ4n) is 2.27. The molecule has 0 amide bonds. The first-order chi connectivity index (χ1) is 9.28. The summed E-state index contributed by atoms with van der Waals surface area (Å²) in [6, 6.07) is 5.91. The van der Waals surface area contributed by atoms with Crippen LogP contribution in [0.15, 0.2) is 29.1 Å². The maximum Gasteiger partial charge on any atom is 0.110 e. The van der Waals surface area contributed by atoms with Gasteiger partial charge in [-0.15, -0.1) is 11.3 Å². The van der Waals surface area contributed by atoms with E-state index in [1.54, 1.807) is 11.3 Å². The topological polar surface area (TPSA) is 56.7 Å². The molecule has 0 bridgehead atoms. The molecule has 19 heavy (non-hydrogen) atoms. The number of rotatable bonds is 4. The van der Waals surface area contributed by atoms with E-state index in [0.717, 1.165) is 47.6 Å². The monoisotopic (exact) mass is 272 g/mol. The third kappa shape index (κ3) is 2.33. The van der Waals surface area contributed by atoms with Gasteiger partial charge in [0, 0.05) is 17.5 Å². The Labute approximate surface area is 115 Å². The summed E-state index contributed by atoms with van der Waals surface area (Å²) in [6.45, 7) is 2.94. The first-order valence-corrected chi connectivity index (χ1v) is 7.34. The summed E-state index contributed by atoms with van der Waals surface area (Å²) < 4.78 is 2.24. The van der Waals surface area contributed by atoms with Crippen molar-refractivity contribution in [1.29, 1.82) is 0 Å². The number of benzene rings is 1. The number of nitrogen functional groups attached to an aromatic ring is 1. The molecule has 0 fully saturated rings.